The first-order valence-corrected chi connectivity index (χ1v) is 5.99. The normalized spacial score (nSPS) is 9.74. The minimum absolute atomic E-state index is 0.318. The first-order chi connectivity index (χ1) is 9.24. The molecular formula is C14H15N5. The van der Waals surface area contributed by atoms with Crippen LogP contribution in [0.25, 0.3) is 0 Å². The Labute approximate surface area is 112 Å². The van der Waals surface area contributed by atoms with E-state index < -0.39 is 0 Å². The molecule has 0 atom stereocenters. The number of nitriles is 1. The highest BCUT2D eigenvalue weighted by molar-refractivity contribution is 5.49. The van der Waals surface area contributed by atoms with Gasteiger partial charge in [0, 0.05) is 12.7 Å². The third-order valence-corrected chi connectivity index (χ3v) is 2.74. The summed E-state index contributed by atoms with van der Waals surface area (Å²) in [6, 6.07) is 11.9. The van der Waals surface area contributed by atoms with E-state index in [2.05, 4.69) is 20.6 Å². The first kappa shape index (κ1) is 12.8. The zero-order valence-corrected chi connectivity index (χ0v) is 10.9. The van der Waals surface area contributed by atoms with E-state index in [9.17, 15) is 0 Å². The molecule has 5 heteroatoms. The van der Waals surface area contributed by atoms with Crippen molar-refractivity contribution in [3.63, 3.8) is 0 Å². The molecule has 1 aromatic carbocycles. The van der Waals surface area contributed by atoms with Gasteiger partial charge in [0.25, 0.3) is 0 Å². The zero-order chi connectivity index (χ0) is 13.7. The molecule has 0 amide bonds. The maximum atomic E-state index is 9.04. The van der Waals surface area contributed by atoms with Crippen LogP contribution in [0.3, 0.4) is 0 Å². The molecule has 5 nitrogen and oxygen atoms in total. The molecule has 2 rings (SSSR count). The van der Waals surface area contributed by atoms with Crippen molar-refractivity contribution < 1.29 is 0 Å². The molecule has 2 aromatic rings. The van der Waals surface area contributed by atoms with E-state index in [4.69, 9.17) is 5.26 Å². The largest absolute Gasteiger partial charge is 0.379 e. The second kappa shape index (κ2) is 5.83. The quantitative estimate of drug-likeness (QED) is 0.874. The molecule has 0 aliphatic carbocycles. The van der Waals surface area contributed by atoms with Gasteiger partial charge in [0.05, 0.1) is 17.9 Å². The number of rotatable bonds is 4. The van der Waals surface area contributed by atoms with E-state index in [1.54, 1.807) is 7.05 Å². The lowest BCUT2D eigenvalue weighted by Gasteiger charge is -2.10. The lowest BCUT2D eigenvalue weighted by molar-refractivity contribution is 0.955. The van der Waals surface area contributed by atoms with Crippen molar-refractivity contribution >= 4 is 11.5 Å². The van der Waals surface area contributed by atoms with Gasteiger partial charge in [0.15, 0.2) is 11.5 Å². The lowest BCUT2D eigenvalue weighted by Crippen LogP contribution is -2.09. The molecular weight excluding hydrogens is 238 g/mol. The predicted molar refractivity (Wildman–Crippen MR) is 74.8 cm³/mol. The molecule has 0 aliphatic heterocycles. The summed E-state index contributed by atoms with van der Waals surface area (Å²) in [5.74, 6) is 0.517. The molecule has 0 bridgehead atoms. The highest BCUT2D eigenvalue weighted by Gasteiger charge is 2.09. The van der Waals surface area contributed by atoms with Crippen LogP contribution >= 0.6 is 0 Å². The molecule has 0 saturated heterocycles. The molecule has 0 aliphatic rings. The average Bonchev–Trinajstić information content (AvgIpc) is 2.46. The fourth-order valence-corrected chi connectivity index (χ4v) is 1.72. The van der Waals surface area contributed by atoms with Gasteiger partial charge in [0.2, 0.25) is 0 Å². The smallest absolute Gasteiger partial charge is 0.183 e. The Morgan fingerprint density at radius 3 is 2.58 bits per heavy atom. The van der Waals surface area contributed by atoms with E-state index in [0.29, 0.717) is 18.1 Å². The lowest BCUT2D eigenvalue weighted by atomic mass is 10.2. The van der Waals surface area contributed by atoms with E-state index in [0.717, 1.165) is 17.1 Å². The molecule has 1 heterocycles. The summed E-state index contributed by atoms with van der Waals surface area (Å²) in [4.78, 5) is 8.67. The molecule has 0 radical (unpaired) electrons. The summed E-state index contributed by atoms with van der Waals surface area (Å²) < 4.78 is 0. The molecule has 19 heavy (non-hydrogen) atoms. The molecule has 96 valence electrons. The van der Waals surface area contributed by atoms with Crippen molar-refractivity contribution in [3.05, 3.63) is 47.4 Å². The van der Waals surface area contributed by atoms with Gasteiger partial charge in [-0.05, 0) is 19.1 Å². The maximum absolute atomic E-state index is 9.04. The summed E-state index contributed by atoms with van der Waals surface area (Å²) in [5, 5.41) is 15.2. The van der Waals surface area contributed by atoms with Crippen LogP contribution in [0.4, 0.5) is 11.5 Å². The highest BCUT2D eigenvalue weighted by atomic mass is 15.0. The van der Waals surface area contributed by atoms with Crippen LogP contribution < -0.4 is 10.6 Å². The van der Waals surface area contributed by atoms with Crippen molar-refractivity contribution in [1.82, 2.24) is 9.97 Å². The van der Waals surface area contributed by atoms with Gasteiger partial charge in [-0.15, -0.1) is 0 Å². The number of aromatic nitrogens is 2. The summed E-state index contributed by atoms with van der Waals surface area (Å²) in [6.45, 7) is 2.43. The van der Waals surface area contributed by atoms with Crippen molar-refractivity contribution in [2.24, 2.45) is 0 Å². The Morgan fingerprint density at radius 1 is 1.21 bits per heavy atom. The van der Waals surface area contributed by atoms with Crippen LogP contribution in [0.15, 0.2) is 30.3 Å². The van der Waals surface area contributed by atoms with Crippen LogP contribution in [0, 0.1) is 18.3 Å². The Morgan fingerprint density at radius 2 is 1.95 bits per heavy atom. The van der Waals surface area contributed by atoms with Crippen molar-refractivity contribution in [2.75, 3.05) is 17.7 Å². The fourth-order valence-electron chi connectivity index (χ4n) is 1.72. The second-order valence-electron chi connectivity index (χ2n) is 4.03. The number of hydrogen-bond donors (Lipinski definition) is 2. The van der Waals surface area contributed by atoms with Gasteiger partial charge < -0.3 is 10.6 Å². The number of hydrogen-bond acceptors (Lipinski definition) is 5. The molecule has 1 aromatic heterocycles. The van der Waals surface area contributed by atoms with Gasteiger partial charge in [-0.25, -0.2) is 9.97 Å². The molecule has 0 saturated carbocycles. The number of para-hydroxylation sites is 1. The van der Waals surface area contributed by atoms with Crippen molar-refractivity contribution in [2.45, 2.75) is 13.5 Å². The minimum Gasteiger partial charge on any atom is -0.379 e. The predicted octanol–water partition coefficient (Wildman–Crippen LogP) is 2.31. The summed E-state index contributed by atoms with van der Waals surface area (Å²) in [5.41, 5.74) is 2.92. The number of nitrogens with one attached hydrogen (secondary N) is 2. The Hall–Kier alpha value is -2.61. The van der Waals surface area contributed by atoms with E-state index in [-0.39, 0.29) is 0 Å². The van der Waals surface area contributed by atoms with E-state index in [1.807, 2.05) is 43.3 Å². The third kappa shape index (κ3) is 2.99. The summed E-state index contributed by atoms with van der Waals surface area (Å²) in [6.07, 6.45) is 0. The Bertz CT molecular complexity index is 601. The minimum atomic E-state index is 0.318. The fraction of sp³-hybridized carbons (Fsp3) is 0.214. The topological polar surface area (TPSA) is 73.6 Å². The number of nitrogens with zero attached hydrogens (tertiary/aromatic N) is 3. The van der Waals surface area contributed by atoms with Crippen molar-refractivity contribution in [3.8, 4) is 6.07 Å². The van der Waals surface area contributed by atoms with Crippen molar-refractivity contribution in [1.29, 1.82) is 5.26 Å². The summed E-state index contributed by atoms with van der Waals surface area (Å²) >= 11 is 0. The monoisotopic (exact) mass is 253 g/mol. The molecule has 2 N–H and O–H groups in total. The molecule has 0 unspecified atom stereocenters. The number of benzene rings is 1. The maximum Gasteiger partial charge on any atom is 0.183 e. The van der Waals surface area contributed by atoms with Gasteiger partial charge in [-0.1, -0.05) is 18.2 Å². The van der Waals surface area contributed by atoms with Gasteiger partial charge in [0.1, 0.15) is 6.07 Å². The van der Waals surface area contributed by atoms with Crippen LogP contribution in [-0.2, 0) is 6.54 Å². The van der Waals surface area contributed by atoms with Crippen LogP contribution in [0.1, 0.15) is 17.1 Å². The van der Waals surface area contributed by atoms with Gasteiger partial charge in [-0.3, -0.25) is 0 Å². The standard InChI is InChI=1S/C14H15N5/c1-10-13(9-17-11-6-4-3-5-7-11)19-12(8-15)14(16-2)18-10/h3-7,17H,9H2,1-2H3,(H,16,18). The van der Waals surface area contributed by atoms with Gasteiger partial charge in [-0.2, -0.15) is 5.26 Å². The van der Waals surface area contributed by atoms with E-state index >= 15 is 0 Å². The third-order valence-electron chi connectivity index (χ3n) is 2.74. The number of aryl methyl sites for hydroxylation is 1. The average molecular weight is 253 g/mol. The van der Waals surface area contributed by atoms with E-state index in [1.165, 1.54) is 0 Å². The zero-order valence-electron chi connectivity index (χ0n) is 10.9. The first-order valence-electron chi connectivity index (χ1n) is 5.99. The van der Waals surface area contributed by atoms with Gasteiger partial charge >= 0.3 is 0 Å². The van der Waals surface area contributed by atoms with Crippen LogP contribution in [-0.4, -0.2) is 17.0 Å². The molecule has 0 spiro atoms. The highest BCUT2D eigenvalue weighted by Crippen LogP contribution is 2.14. The summed E-state index contributed by atoms with van der Waals surface area (Å²) in [7, 11) is 1.73. The Kier molecular flexibility index (Phi) is 3.94. The van der Waals surface area contributed by atoms with Crippen LogP contribution in [0.2, 0.25) is 0 Å². The number of anilines is 2. The Balaban J connectivity index is 2.19. The second-order valence-corrected chi connectivity index (χ2v) is 4.03. The van der Waals surface area contributed by atoms with Crippen LogP contribution in [0.5, 0.6) is 0 Å². The SMILES string of the molecule is CNc1nc(C)c(CNc2ccccc2)nc1C#N. The molecule has 0 fully saturated rings.